The standard InChI is InChI=1S/C10H16O3/c1-3-5-6-7-9(11)8-10(12)13-4-2/h6-7H,3-5,8H2,1-2H3/b7-6+. The van der Waals surface area contributed by atoms with Crippen molar-refractivity contribution in [2.24, 2.45) is 0 Å². The summed E-state index contributed by atoms with van der Waals surface area (Å²) in [7, 11) is 0. The highest BCUT2D eigenvalue weighted by Crippen LogP contribution is 1.93. The Morgan fingerprint density at radius 1 is 1.31 bits per heavy atom. The van der Waals surface area contributed by atoms with Crippen LogP contribution >= 0.6 is 0 Å². The van der Waals surface area contributed by atoms with Crippen LogP contribution in [-0.4, -0.2) is 18.4 Å². The Balaban J connectivity index is 3.67. The monoisotopic (exact) mass is 184 g/mol. The van der Waals surface area contributed by atoms with Gasteiger partial charge in [-0.15, -0.1) is 0 Å². The molecular formula is C10H16O3. The maximum atomic E-state index is 11.0. The number of carbonyl (C=O) groups is 2. The van der Waals surface area contributed by atoms with Crippen LogP contribution in [-0.2, 0) is 14.3 Å². The summed E-state index contributed by atoms with van der Waals surface area (Å²) in [5.41, 5.74) is 0. The molecule has 3 nitrogen and oxygen atoms in total. The van der Waals surface area contributed by atoms with Gasteiger partial charge in [-0.3, -0.25) is 9.59 Å². The largest absolute Gasteiger partial charge is 0.466 e. The van der Waals surface area contributed by atoms with E-state index in [0.29, 0.717) is 6.61 Å². The van der Waals surface area contributed by atoms with Gasteiger partial charge in [-0.25, -0.2) is 0 Å². The molecule has 0 aromatic heterocycles. The first kappa shape index (κ1) is 11.9. The lowest BCUT2D eigenvalue weighted by molar-refractivity contribution is -0.144. The van der Waals surface area contributed by atoms with Crippen LogP contribution in [0.15, 0.2) is 12.2 Å². The molecule has 0 unspecified atom stereocenters. The third-order valence-corrected chi connectivity index (χ3v) is 1.38. The first-order chi connectivity index (χ1) is 6.20. The molecule has 0 N–H and O–H groups in total. The normalized spacial score (nSPS) is 10.3. The summed E-state index contributed by atoms with van der Waals surface area (Å²) in [6.07, 6.45) is 4.95. The van der Waals surface area contributed by atoms with E-state index < -0.39 is 5.97 Å². The van der Waals surface area contributed by atoms with Gasteiger partial charge in [-0.1, -0.05) is 19.4 Å². The fourth-order valence-electron chi connectivity index (χ4n) is 0.795. The number of ketones is 1. The number of unbranched alkanes of at least 4 members (excludes halogenated alkanes) is 1. The van der Waals surface area contributed by atoms with E-state index >= 15 is 0 Å². The molecule has 0 fully saturated rings. The maximum Gasteiger partial charge on any atom is 0.313 e. The molecular weight excluding hydrogens is 168 g/mol. The Morgan fingerprint density at radius 3 is 2.54 bits per heavy atom. The lowest BCUT2D eigenvalue weighted by Crippen LogP contribution is -2.09. The van der Waals surface area contributed by atoms with E-state index in [9.17, 15) is 9.59 Å². The van der Waals surface area contributed by atoms with Crippen molar-refractivity contribution < 1.29 is 14.3 Å². The van der Waals surface area contributed by atoms with Crippen molar-refractivity contribution in [3.05, 3.63) is 12.2 Å². The summed E-state index contributed by atoms with van der Waals surface area (Å²) >= 11 is 0. The van der Waals surface area contributed by atoms with Crippen LogP contribution in [0.2, 0.25) is 0 Å². The van der Waals surface area contributed by atoms with E-state index in [1.165, 1.54) is 6.08 Å². The predicted octanol–water partition coefficient (Wildman–Crippen LogP) is 1.86. The fourth-order valence-corrected chi connectivity index (χ4v) is 0.795. The molecule has 0 saturated carbocycles. The third-order valence-electron chi connectivity index (χ3n) is 1.38. The van der Waals surface area contributed by atoms with Gasteiger partial charge in [-0.2, -0.15) is 0 Å². The Morgan fingerprint density at radius 2 is 2.00 bits per heavy atom. The SMILES string of the molecule is CCC/C=C/C(=O)CC(=O)OCC. The van der Waals surface area contributed by atoms with Gasteiger partial charge in [-0.05, 0) is 19.4 Å². The van der Waals surface area contributed by atoms with Gasteiger partial charge in [0.05, 0.1) is 6.61 Å². The highest BCUT2D eigenvalue weighted by molar-refractivity contribution is 6.01. The second-order valence-electron chi connectivity index (χ2n) is 2.64. The highest BCUT2D eigenvalue weighted by Gasteiger charge is 2.06. The van der Waals surface area contributed by atoms with E-state index in [1.54, 1.807) is 13.0 Å². The van der Waals surface area contributed by atoms with E-state index in [-0.39, 0.29) is 12.2 Å². The number of carbonyl (C=O) groups excluding carboxylic acids is 2. The number of rotatable bonds is 6. The minimum absolute atomic E-state index is 0.145. The van der Waals surface area contributed by atoms with Crippen molar-refractivity contribution in [3.63, 3.8) is 0 Å². The summed E-state index contributed by atoms with van der Waals surface area (Å²) in [4.78, 5) is 21.8. The van der Waals surface area contributed by atoms with Crippen LogP contribution in [0.3, 0.4) is 0 Å². The molecule has 0 saturated heterocycles. The van der Waals surface area contributed by atoms with E-state index in [2.05, 4.69) is 4.74 Å². The van der Waals surface area contributed by atoms with Gasteiger partial charge in [0.25, 0.3) is 0 Å². The van der Waals surface area contributed by atoms with Gasteiger partial charge in [0.2, 0.25) is 0 Å². The number of hydrogen-bond donors (Lipinski definition) is 0. The second kappa shape index (κ2) is 7.53. The smallest absolute Gasteiger partial charge is 0.313 e. The van der Waals surface area contributed by atoms with Gasteiger partial charge in [0.1, 0.15) is 6.42 Å². The van der Waals surface area contributed by atoms with Crippen LogP contribution in [0.1, 0.15) is 33.1 Å². The minimum atomic E-state index is -0.450. The van der Waals surface area contributed by atoms with Crippen molar-refractivity contribution in [1.82, 2.24) is 0 Å². The molecule has 0 aromatic rings. The van der Waals surface area contributed by atoms with Crippen LogP contribution in [0.5, 0.6) is 0 Å². The average Bonchev–Trinajstić information content (AvgIpc) is 2.05. The Hall–Kier alpha value is -1.12. The molecule has 0 aliphatic rings. The number of allylic oxidation sites excluding steroid dienone is 2. The quantitative estimate of drug-likeness (QED) is 0.359. The first-order valence-corrected chi connectivity index (χ1v) is 4.55. The van der Waals surface area contributed by atoms with E-state index in [0.717, 1.165) is 12.8 Å². The van der Waals surface area contributed by atoms with Crippen molar-refractivity contribution >= 4 is 11.8 Å². The Kier molecular flexibility index (Phi) is 6.88. The summed E-state index contributed by atoms with van der Waals surface area (Å²) < 4.78 is 4.63. The molecule has 0 spiro atoms. The van der Waals surface area contributed by atoms with Crippen molar-refractivity contribution in [1.29, 1.82) is 0 Å². The second-order valence-corrected chi connectivity index (χ2v) is 2.64. The van der Waals surface area contributed by atoms with Gasteiger partial charge < -0.3 is 4.74 Å². The van der Waals surface area contributed by atoms with Crippen LogP contribution in [0.25, 0.3) is 0 Å². The van der Waals surface area contributed by atoms with Crippen molar-refractivity contribution in [2.45, 2.75) is 33.1 Å². The molecule has 74 valence electrons. The highest BCUT2D eigenvalue weighted by atomic mass is 16.5. The molecule has 0 atom stereocenters. The lowest BCUT2D eigenvalue weighted by atomic mass is 10.2. The first-order valence-electron chi connectivity index (χ1n) is 4.55. The number of hydrogen-bond acceptors (Lipinski definition) is 3. The Labute approximate surface area is 78.8 Å². The molecule has 3 heteroatoms. The fraction of sp³-hybridized carbons (Fsp3) is 0.600. The summed E-state index contributed by atoms with van der Waals surface area (Å²) in [6, 6.07) is 0. The van der Waals surface area contributed by atoms with Gasteiger partial charge >= 0.3 is 5.97 Å². The summed E-state index contributed by atoms with van der Waals surface area (Å²) in [5.74, 6) is -0.638. The van der Waals surface area contributed by atoms with E-state index in [1.807, 2.05) is 6.92 Å². The molecule has 13 heavy (non-hydrogen) atoms. The van der Waals surface area contributed by atoms with Crippen molar-refractivity contribution in [2.75, 3.05) is 6.61 Å². The summed E-state index contributed by atoms with van der Waals surface area (Å²) in [6.45, 7) is 4.07. The molecule has 0 aliphatic carbocycles. The van der Waals surface area contributed by atoms with Crippen LogP contribution < -0.4 is 0 Å². The topological polar surface area (TPSA) is 43.4 Å². The van der Waals surface area contributed by atoms with Gasteiger partial charge in [0, 0.05) is 0 Å². The molecule has 0 rings (SSSR count). The summed E-state index contributed by atoms with van der Waals surface area (Å²) in [5, 5.41) is 0. The van der Waals surface area contributed by atoms with E-state index in [4.69, 9.17) is 0 Å². The molecule has 0 bridgehead atoms. The molecule has 0 amide bonds. The zero-order valence-electron chi connectivity index (χ0n) is 8.21. The molecule has 0 aromatic carbocycles. The molecule has 0 radical (unpaired) electrons. The predicted molar refractivity (Wildman–Crippen MR) is 50.3 cm³/mol. The van der Waals surface area contributed by atoms with Crippen LogP contribution in [0, 0.1) is 0 Å². The van der Waals surface area contributed by atoms with Gasteiger partial charge in [0.15, 0.2) is 5.78 Å². The maximum absolute atomic E-state index is 11.0. The lowest BCUT2D eigenvalue weighted by Gasteiger charge is -1.97. The molecule has 0 aliphatic heterocycles. The number of esters is 1. The average molecular weight is 184 g/mol. The zero-order chi connectivity index (χ0) is 10.1. The van der Waals surface area contributed by atoms with Crippen molar-refractivity contribution in [3.8, 4) is 0 Å². The Bertz CT molecular complexity index is 194. The zero-order valence-corrected chi connectivity index (χ0v) is 8.21. The third kappa shape index (κ3) is 7.25. The minimum Gasteiger partial charge on any atom is -0.466 e. The molecule has 0 heterocycles. The number of ether oxygens (including phenoxy) is 1. The van der Waals surface area contributed by atoms with Crippen LogP contribution in [0.4, 0.5) is 0 Å².